The summed E-state index contributed by atoms with van der Waals surface area (Å²) in [5.74, 6) is -0.128. The summed E-state index contributed by atoms with van der Waals surface area (Å²) in [6.07, 6.45) is 3.29. The average Bonchev–Trinajstić information content (AvgIpc) is 2.72. The van der Waals surface area contributed by atoms with E-state index in [-0.39, 0.29) is 11.4 Å². The van der Waals surface area contributed by atoms with Gasteiger partial charge >= 0.3 is 0 Å². The van der Waals surface area contributed by atoms with Crippen LogP contribution in [0.4, 0.5) is 0 Å². The zero-order valence-electron chi connectivity index (χ0n) is 10.2. The second-order valence-corrected chi connectivity index (χ2v) is 4.09. The van der Waals surface area contributed by atoms with Gasteiger partial charge in [-0.05, 0) is 18.9 Å². The Bertz CT molecular complexity index is 355. The van der Waals surface area contributed by atoms with Gasteiger partial charge in [-0.25, -0.2) is 0 Å². The number of aryl methyl sites for hydroxylation is 1. The molecule has 5 heteroatoms. The van der Waals surface area contributed by atoms with Gasteiger partial charge in [0.2, 0.25) is 0 Å². The topological polar surface area (TPSA) is 72.9 Å². The first-order valence-electron chi connectivity index (χ1n) is 5.57. The monoisotopic (exact) mass is 224 g/mol. The number of aromatic nitrogens is 2. The number of carbonyl (C=O) groups is 1. The van der Waals surface area contributed by atoms with Crippen LogP contribution < -0.4 is 11.1 Å². The zero-order valence-corrected chi connectivity index (χ0v) is 10.2. The van der Waals surface area contributed by atoms with Crippen LogP contribution in [0.2, 0.25) is 0 Å². The first-order valence-corrected chi connectivity index (χ1v) is 5.57. The Morgan fingerprint density at radius 2 is 2.19 bits per heavy atom. The number of rotatable bonds is 5. The van der Waals surface area contributed by atoms with Crippen LogP contribution in [0.15, 0.2) is 12.3 Å². The fraction of sp³-hybridized carbons (Fsp3) is 0.636. The molecule has 1 heterocycles. The molecule has 1 amide bonds. The van der Waals surface area contributed by atoms with Gasteiger partial charge in [0.1, 0.15) is 5.69 Å². The van der Waals surface area contributed by atoms with Crippen molar-refractivity contribution in [3.8, 4) is 0 Å². The van der Waals surface area contributed by atoms with Gasteiger partial charge in [-0.1, -0.05) is 13.8 Å². The molecule has 0 bridgehead atoms. The van der Waals surface area contributed by atoms with E-state index in [0.29, 0.717) is 12.2 Å². The van der Waals surface area contributed by atoms with Crippen molar-refractivity contribution >= 4 is 5.91 Å². The van der Waals surface area contributed by atoms with Crippen molar-refractivity contribution in [3.05, 3.63) is 18.0 Å². The third kappa shape index (κ3) is 2.82. The fourth-order valence-corrected chi connectivity index (χ4v) is 1.44. The minimum Gasteiger partial charge on any atom is -0.349 e. The number of nitrogens with one attached hydrogen (secondary N) is 1. The van der Waals surface area contributed by atoms with E-state index in [4.69, 9.17) is 5.73 Å². The Kier molecular flexibility index (Phi) is 4.06. The van der Waals surface area contributed by atoms with Gasteiger partial charge < -0.3 is 11.1 Å². The molecule has 0 spiro atoms. The summed E-state index contributed by atoms with van der Waals surface area (Å²) in [5, 5.41) is 6.79. The van der Waals surface area contributed by atoms with E-state index in [1.165, 1.54) is 0 Å². The molecule has 0 radical (unpaired) electrons. The first kappa shape index (κ1) is 12.7. The third-order valence-electron chi connectivity index (χ3n) is 3.06. The van der Waals surface area contributed by atoms with Gasteiger partial charge in [0.05, 0.1) is 0 Å². The standard InChI is InChI=1S/C11H20N4O/c1-4-11(12,5-2)8-13-10(16)9-6-7-14-15(9)3/h6-7H,4-5,8,12H2,1-3H3,(H,13,16). The Labute approximate surface area is 96.0 Å². The SMILES string of the molecule is CCC(N)(CC)CNC(=O)c1ccnn1C. The predicted molar refractivity (Wildman–Crippen MR) is 63.0 cm³/mol. The molecular weight excluding hydrogens is 204 g/mol. The fourth-order valence-electron chi connectivity index (χ4n) is 1.44. The van der Waals surface area contributed by atoms with Crippen LogP contribution in [0.5, 0.6) is 0 Å². The van der Waals surface area contributed by atoms with E-state index in [1.54, 1.807) is 24.0 Å². The first-order chi connectivity index (χ1) is 7.52. The summed E-state index contributed by atoms with van der Waals surface area (Å²) in [6, 6.07) is 1.69. The van der Waals surface area contributed by atoms with Crippen LogP contribution in [0.3, 0.4) is 0 Å². The molecule has 0 saturated carbocycles. The zero-order chi connectivity index (χ0) is 12.2. The molecule has 0 atom stereocenters. The lowest BCUT2D eigenvalue weighted by atomic mass is 9.94. The van der Waals surface area contributed by atoms with Gasteiger partial charge in [-0.3, -0.25) is 9.48 Å². The Morgan fingerprint density at radius 3 is 2.62 bits per heavy atom. The summed E-state index contributed by atoms with van der Waals surface area (Å²) in [7, 11) is 1.74. The highest BCUT2D eigenvalue weighted by Crippen LogP contribution is 2.09. The molecule has 1 rings (SSSR count). The number of nitrogens with zero attached hydrogens (tertiary/aromatic N) is 2. The molecule has 0 saturated heterocycles. The summed E-state index contributed by atoms with van der Waals surface area (Å²) in [4.78, 5) is 11.8. The molecule has 1 aromatic rings. The van der Waals surface area contributed by atoms with Gasteiger partial charge in [-0.2, -0.15) is 5.10 Å². The third-order valence-corrected chi connectivity index (χ3v) is 3.06. The maximum absolute atomic E-state index is 11.8. The van der Waals surface area contributed by atoms with Gasteiger partial charge in [0, 0.05) is 25.3 Å². The van der Waals surface area contributed by atoms with Crippen LogP contribution in [0.25, 0.3) is 0 Å². The minimum atomic E-state index is -0.311. The molecule has 3 N–H and O–H groups in total. The van der Waals surface area contributed by atoms with Crippen molar-refractivity contribution in [3.63, 3.8) is 0 Å². The van der Waals surface area contributed by atoms with Gasteiger partial charge in [-0.15, -0.1) is 0 Å². The lowest BCUT2D eigenvalue weighted by Gasteiger charge is -2.26. The second kappa shape index (κ2) is 5.12. The summed E-state index contributed by atoms with van der Waals surface area (Å²) >= 11 is 0. The van der Waals surface area contributed by atoms with Crippen LogP contribution in [-0.2, 0) is 7.05 Å². The number of nitrogens with two attached hydrogens (primary N) is 1. The van der Waals surface area contributed by atoms with Crippen molar-refractivity contribution in [2.75, 3.05) is 6.54 Å². The molecule has 1 aromatic heterocycles. The van der Waals surface area contributed by atoms with Crippen LogP contribution in [0, 0.1) is 0 Å². The molecule has 16 heavy (non-hydrogen) atoms. The van der Waals surface area contributed by atoms with Crippen LogP contribution in [0.1, 0.15) is 37.2 Å². The minimum absolute atomic E-state index is 0.128. The van der Waals surface area contributed by atoms with Crippen molar-refractivity contribution in [1.29, 1.82) is 0 Å². The highest BCUT2D eigenvalue weighted by atomic mass is 16.2. The van der Waals surface area contributed by atoms with Crippen molar-refractivity contribution in [2.24, 2.45) is 12.8 Å². The van der Waals surface area contributed by atoms with E-state index in [0.717, 1.165) is 12.8 Å². The lowest BCUT2D eigenvalue weighted by molar-refractivity contribution is 0.0932. The molecule has 0 aliphatic carbocycles. The lowest BCUT2D eigenvalue weighted by Crippen LogP contribution is -2.49. The Hall–Kier alpha value is -1.36. The quantitative estimate of drug-likeness (QED) is 0.772. The van der Waals surface area contributed by atoms with Crippen LogP contribution in [-0.4, -0.2) is 27.8 Å². The van der Waals surface area contributed by atoms with E-state index < -0.39 is 0 Å². The van der Waals surface area contributed by atoms with Gasteiger partial charge in [0.15, 0.2) is 0 Å². The number of hydrogen-bond acceptors (Lipinski definition) is 3. The molecule has 0 aliphatic heterocycles. The molecule has 0 aliphatic rings. The Morgan fingerprint density at radius 1 is 1.56 bits per heavy atom. The molecule has 90 valence electrons. The maximum Gasteiger partial charge on any atom is 0.269 e. The molecule has 0 aromatic carbocycles. The van der Waals surface area contributed by atoms with Crippen molar-refractivity contribution in [2.45, 2.75) is 32.2 Å². The van der Waals surface area contributed by atoms with Crippen molar-refractivity contribution < 1.29 is 4.79 Å². The summed E-state index contributed by atoms with van der Waals surface area (Å²) < 4.78 is 1.55. The molecular formula is C11H20N4O. The van der Waals surface area contributed by atoms with Gasteiger partial charge in [0.25, 0.3) is 5.91 Å². The highest BCUT2D eigenvalue weighted by molar-refractivity contribution is 5.92. The van der Waals surface area contributed by atoms with Crippen molar-refractivity contribution in [1.82, 2.24) is 15.1 Å². The smallest absolute Gasteiger partial charge is 0.269 e. The largest absolute Gasteiger partial charge is 0.349 e. The normalized spacial score (nSPS) is 11.5. The maximum atomic E-state index is 11.8. The second-order valence-electron chi connectivity index (χ2n) is 4.09. The van der Waals surface area contributed by atoms with Crippen LogP contribution >= 0.6 is 0 Å². The van der Waals surface area contributed by atoms with E-state index in [9.17, 15) is 4.79 Å². The molecule has 0 fully saturated rings. The Balaban J connectivity index is 2.57. The van der Waals surface area contributed by atoms with E-state index in [2.05, 4.69) is 10.4 Å². The predicted octanol–water partition coefficient (Wildman–Crippen LogP) is 0.667. The average molecular weight is 224 g/mol. The number of hydrogen-bond donors (Lipinski definition) is 2. The molecule has 0 unspecified atom stereocenters. The van der Waals surface area contributed by atoms with E-state index >= 15 is 0 Å². The summed E-state index contributed by atoms with van der Waals surface area (Å²) in [6.45, 7) is 4.55. The number of amides is 1. The molecule has 5 nitrogen and oxygen atoms in total. The summed E-state index contributed by atoms with van der Waals surface area (Å²) in [5.41, 5.74) is 6.34. The number of carbonyl (C=O) groups excluding carboxylic acids is 1. The highest BCUT2D eigenvalue weighted by Gasteiger charge is 2.21. The van der Waals surface area contributed by atoms with E-state index in [1.807, 2.05) is 13.8 Å².